The zero-order valence-electron chi connectivity index (χ0n) is 13.7. The van der Waals surface area contributed by atoms with Crippen LogP contribution in [0, 0.1) is 20.8 Å². The molecule has 0 aliphatic rings. The first-order valence-corrected chi connectivity index (χ1v) is 8.29. The Labute approximate surface area is 139 Å². The second kappa shape index (κ2) is 6.01. The molecule has 0 aliphatic heterocycles. The second-order valence-electron chi connectivity index (χ2n) is 5.75. The topological polar surface area (TPSA) is 46.9 Å². The average molecular weight is 325 g/mol. The molecule has 0 bridgehead atoms. The number of nitrogens with one attached hydrogen (secondary N) is 1. The summed E-state index contributed by atoms with van der Waals surface area (Å²) in [6.07, 6.45) is 1.94. The minimum Gasteiger partial charge on any atom is -0.346 e. The zero-order chi connectivity index (χ0) is 16.6. The third kappa shape index (κ3) is 3.19. The van der Waals surface area contributed by atoms with Crippen molar-refractivity contribution in [2.45, 2.75) is 20.8 Å². The first-order chi connectivity index (χ1) is 10.9. The minimum atomic E-state index is -0.112. The summed E-state index contributed by atoms with van der Waals surface area (Å²) in [5.41, 5.74) is 5.51. The zero-order valence-corrected chi connectivity index (χ0v) is 14.5. The van der Waals surface area contributed by atoms with Gasteiger partial charge in [0.2, 0.25) is 0 Å². The number of anilines is 1. The Bertz CT molecular complexity index is 876. The number of thiazole rings is 1. The number of amides is 1. The first kappa shape index (κ1) is 15.5. The lowest BCUT2D eigenvalue weighted by atomic mass is 10.1. The van der Waals surface area contributed by atoms with Crippen molar-refractivity contribution in [2.75, 3.05) is 5.32 Å². The molecule has 0 atom stereocenters. The van der Waals surface area contributed by atoms with Crippen molar-refractivity contribution in [3.05, 3.63) is 57.7 Å². The van der Waals surface area contributed by atoms with Crippen LogP contribution >= 0.6 is 11.3 Å². The van der Waals surface area contributed by atoms with Gasteiger partial charge in [-0.2, -0.15) is 0 Å². The van der Waals surface area contributed by atoms with Gasteiger partial charge >= 0.3 is 0 Å². The average Bonchev–Trinajstić information content (AvgIpc) is 3.09. The number of aromatic nitrogens is 2. The van der Waals surface area contributed by atoms with Crippen LogP contribution in [0.15, 0.2) is 35.8 Å². The van der Waals surface area contributed by atoms with Gasteiger partial charge in [-0.25, -0.2) is 4.98 Å². The van der Waals surface area contributed by atoms with Gasteiger partial charge in [0.05, 0.1) is 10.7 Å². The van der Waals surface area contributed by atoms with Gasteiger partial charge in [-0.1, -0.05) is 12.1 Å². The molecule has 5 heteroatoms. The van der Waals surface area contributed by atoms with E-state index in [9.17, 15) is 4.79 Å². The van der Waals surface area contributed by atoms with Crippen molar-refractivity contribution >= 4 is 22.9 Å². The molecular formula is C18H19N3OS. The maximum Gasteiger partial charge on any atom is 0.272 e. The lowest BCUT2D eigenvalue weighted by molar-refractivity contribution is 0.101. The van der Waals surface area contributed by atoms with Crippen LogP contribution < -0.4 is 5.32 Å². The van der Waals surface area contributed by atoms with E-state index >= 15 is 0 Å². The van der Waals surface area contributed by atoms with Crippen LogP contribution in [0.4, 0.5) is 5.69 Å². The first-order valence-electron chi connectivity index (χ1n) is 7.41. The van der Waals surface area contributed by atoms with Crippen molar-refractivity contribution in [1.29, 1.82) is 0 Å². The van der Waals surface area contributed by atoms with E-state index in [4.69, 9.17) is 0 Å². The van der Waals surface area contributed by atoms with E-state index in [1.807, 2.05) is 68.2 Å². The van der Waals surface area contributed by atoms with Crippen molar-refractivity contribution in [3.63, 3.8) is 0 Å². The van der Waals surface area contributed by atoms with Crippen LogP contribution in [0.2, 0.25) is 0 Å². The van der Waals surface area contributed by atoms with Gasteiger partial charge in [-0.3, -0.25) is 4.79 Å². The fourth-order valence-corrected chi connectivity index (χ4v) is 3.11. The molecule has 0 unspecified atom stereocenters. The number of carbonyl (C=O) groups is 1. The van der Waals surface area contributed by atoms with Crippen LogP contribution in [-0.2, 0) is 7.05 Å². The highest BCUT2D eigenvalue weighted by atomic mass is 32.1. The quantitative estimate of drug-likeness (QED) is 0.779. The smallest absolute Gasteiger partial charge is 0.272 e. The number of hydrogen-bond donors (Lipinski definition) is 1. The summed E-state index contributed by atoms with van der Waals surface area (Å²) in [5, 5.41) is 6.03. The molecule has 2 heterocycles. The lowest BCUT2D eigenvalue weighted by Crippen LogP contribution is -2.16. The minimum absolute atomic E-state index is 0.112. The molecule has 1 N–H and O–H groups in total. The molecule has 4 nitrogen and oxygen atoms in total. The molecule has 0 fully saturated rings. The van der Waals surface area contributed by atoms with E-state index in [1.165, 1.54) is 0 Å². The van der Waals surface area contributed by atoms with Crippen molar-refractivity contribution < 1.29 is 4.79 Å². The Balaban J connectivity index is 1.88. The molecule has 1 aromatic carbocycles. The summed E-state index contributed by atoms with van der Waals surface area (Å²) in [5.74, 6) is -0.112. The molecule has 118 valence electrons. The Morgan fingerprint density at radius 2 is 2.00 bits per heavy atom. The number of rotatable bonds is 3. The molecule has 0 aliphatic carbocycles. The summed E-state index contributed by atoms with van der Waals surface area (Å²) < 4.78 is 1.84. The Morgan fingerprint density at radius 1 is 1.22 bits per heavy atom. The largest absolute Gasteiger partial charge is 0.346 e. The monoisotopic (exact) mass is 325 g/mol. The van der Waals surface area contributed by atoms with E-state index in [0.717, 1.165) is 33.1 Å². The molecule has 0 radical (unpaired) electrons. The predicted molar refractivity (Wildman–Crippen MR) is 95.1 cm³/mol. The Hall–Kier alpha value is -2.40. The summed E-state index contributed by atoms with van der Waals surface area (Å²) in [7, 11) is 1.88. The van der Waals surface area contributed by atoms with E-state index in [-0.39, 0.29) is 5.91 Å². The summed E-state index contributed by atoms with van der Waals surface area (Å²) in [6.45, 7) is 5.98. The Morgan fingerprint density at radius 3 is 2.70 bits per heavy atom. The number of hydrogen-bond acceptors (Lipinski definition) is 3. The Kier molecular flexibility index (Phi) is 4.05. The molecule has 0 saturated heterocycles. The maximum absolute atomic E-state index is 12.6. The van der Waals surface area contributed by atoms with Crippen molar-refractivity contribution in [2.24, 2.45) is 7.05 Å². The summed E-state index contributed by atoms with van der Waals surface area (Å²) in [4.78, 5) is 17.1. The normalized spacial score (nSPS) is 10.8. The SMILES string of the molecule is Cc1ccc(C)c(NC(=O)c2cc(-c3csc(C)n3)cn2C)c1. The maximum atomic E-state index is 12.6. The molecule has 3 rings (SSSR count). The molecule has 23 heavy (non-hydrogen) atoms. The van der Waals surface area contributed by atoms with E-state index in [2.05, 4.69) is 10.3 Å². The van der Waals surface area contributed by atoms with Gasteiger partial charge in [0.1, 0.15) is 5.69 Å². The third-order valence-electron chi connectivity index (χ3n) is 3.79. The van der Waals surface area contributed by atoms with Crippen LogP contribution in [0.3, 0.4) is 0 Å². The molecule has 3 aromatic rings. The highest BCUT2D eigenvalue weighted by Crippen LogP contribution is 2.24. The van der Waals surface area contributed by atoms with Crippen LogP contribution in [-0.4, -0.2) is 15.5 Å². The second-order valence-corrected chi connectivity index (χ2v) is 6.81. The number of aryl methyl sites for hydroxylation is 4. The van der Waals surface area contributed by atoms with E-state index < -0.39 is 0 Å². The van der Waals surface area contributed by atoms with E-state index in [1.54, 1.807) is 11.3 Å². The number of carbonyl (C=O) groups excluding carboxylic acids is 1. The van der Waals surface area contributed by atoms with Gasteiger partial charge in [-0.15, -0.1) is 11.3 Å². The van der Waals surface area contributed by atoms with Gasteiger partial charge < -0.3 is 9.88 Å². The van der Waals surface area contributed by atoms with Crippen molar-refractivity contribution in [3.8, 4) is 11.3 Å². The molecular weight excluding hydrogens is 306 g/mol. The summed E-state index contributed by atoms with van der Waals surface area (Å²) >= 11 is 1.61. The molecule has 1 amide bonds. The van der Waals surface area contributed by atoms with E-state index in [0.29, 0.717) is 5.69 Å². The lowest BCUT2D eigenvalue weighted by Gasteiger charge is -2.09. The molecule has 0 spiro atoms. The number of nitrogens with zero attached hydrogens (tertiary/aromatic N) is 2. The standard InChI is InChI=1S/C18H19N3OS/c1-11-5-6-12(2)15(7-11)20-18(22)17-8-14(9-21(17)4)16-10-23-13(3)19-16/h5-10H,1-4H3,(H,20,22). The van der Waals surface area contributed by atoms with Gasteiger partial charge in [0, 0.05) is 29.9 Å². The highest BCUT2D eigenvalue weighted by molar-refractivity contribution is 7.09. The third-order valence-corrected chi connectivity index (χ3v) is 4.57. The fraction of sp³-hybridized carbons (Fsp3) is 0.222. The van der Waals surface area contributed by atoms with Crippen LogP contribution in [0.25, 0.3) is 11.3 Å². The predicted octanol–water partition coefficient (Wildman–Crippen LogP) is 4.33. The summed E-state index contributed by atoms with van der Waals surface area (Å²) in [6, 6.07) is 7.92. The van der Waals surface area contributed by atoms with Crippen LogP contribution in [0.1, 0.15) is 26.6 Å². The molecule has 0 saturated carbocycles. The van der Waals surface area contributed by atoms with Crippen molar-refractivity contribution in [1.82, 2.24) is 9.55 Å². The van der Waals surface area contributed by atoms with Gasteiger partial charge in [0.25, 0.3) is 5.91 Å². The van der Waals surface area contributed by atoms with Gasteiger partial charge in [-0.05, 0) is 44.0 Å². The fourth-order valence-electron chi connectivity index (χ4n) is 2.48. The van der Waals surface area contributed by atoms with Crippen LogP contribution in [0.5, 0.6) is 0 Å². The highest BCUT2D eigenvalue weighted by Gasteiger charge is 2.15. The van der Waals surface area contributed by atoms with Gasteiger partial charge in [0.15, 0.2) is 0 Å². The molecule has 2 aromatic heterocycles. The number of benzene rings is 1.